The summed E-state index contributed by atoms with van der Waals surface area (Å²) in [5.74, 6) is 2.70. The lowest BCUT2D eigenvalue weighted by Crippen LogP contribution is -2.24. The molecule has 7 heteroatoms. The van der Waals surface area contributed by atoms with Crippen LogP contribution in [0.4, 0.5) is 0 Å². The van der Waals surface area contributed by atoms with Crippen molar-refractivity contribution in [1.82, 2.24) is 5.09 Å². The monoisotopic (exact) mass is 502 g/mol. The highest BCUT2D eigenvalue weighted by Gasteiger charge is 2.11. The maximum atomic E-state index is 11.7. The average molecular weight is 503 g/mol. The van der Waals surface area contributed by atoms with Gasteiger partial charge in [-0.15, -0.1) is 11.3 Å². The lowest BCUT2D eigenvalue weighted by atomic mass is 9.94. The van der Waals surface area contributed by atoms with Crippen molar-refractivity contribution in [3.8, 4) is 12.3 Å². The number of nitrogens with one attached hydrogen (secondary N) is 1. The second kappa shape index (κ2) is 17.9. The van der Waals surface area contributed by atoms with Gasteiger partial charge >= 0.3 is 5.97 Å². The topological polar surface area (TPSA) is 77.0 Å². The van der Waals surface area contributed by atoms with Gasteiger partial charge in [-0.3, -0.25) is 9.88 Å². The SMILES string of the molecule is C#C/C(C)=C(CC(/C=C\C(=C\C(C)C)N=O)=C/C)\C(C)=C/COCP(=C)(C)NCC(=O)OCCC. The number of carbonyl (C=O) groups excluding carboxylic acids is 1. The van der Waals surface area contributed by atoms with Gasteiger partial charge in [-0.1, -0.05) is 57.3 Å². The molecule has 1 unspecified atom stereocenters. The zero-order valence-corrected chi connectivity index (χ0v) is 23.4. The van der Waals surface area contributed by atoms with Crippen molar-refractivity contribution >= 4 is 19.3 Å². The average Bonchev–Trinajstić information content (AvgIpc) is 2.82. The third-order valence-corrected chi connectivity index (χ3v) is 6.60. The van der Waals surface area contributed by atoms with E-state index >= 15 is 0 Å². The minimum atomic E-state index is -1.85. The summed E-state index contributed by atoms with van der Waals surface area (Å²) in [4.78, 5) is 22.8. The third kappa shape index (κ3) is 15.2. The zero-order chi connectivity index (χ0) is 26.9. The second-order valence-electron chi connectivity index (χ2n) is 8.89. The number of hydrogen-bond donors (Lipinski definition) is 1. The molecule has 0 saturated heterocycles. The van der Waals surface area contributed by atoms with E-state index in [0.29, 0.717) is 31.7 Å². The molecule has 35 heavy (non-hydrogen) atoms. The summed E-state index contributed by atoms with van der Waals surface area (Å²) in [5, 5.41) is 6.27. The summed E-state index contributed by atoms with van der Waals surface area (Å²) in [6, 6.07) is 0. The molecule has 0 fully saturated rings. The Hall–Kier alpha value is -2.45. The molecule has 0 aliphatic carbocycles. The van der Waals surface area contributed by atoms with Crippen molar-refractivity contribution in [3.63, 3.8) is 0 Å². The van der Waals surface area contributed by atoms with Crippen LogP contribution in [0.15, 0.2) is 63.5 Å². The normalized spacial score (nSPS) is 15.6. The Bertz CT molecular complexity index is 946. The lowest BCUT2D eigenvalue weighted by Gasteiger charge is -2.20. The molecule has 0 bridgehead atoms. The van der Waals surface area contributed by atoms with Crippen molar-refractivity contribution in [2.24, 2.45) is 11.1 Å². The van der Waals surface area contributed by atoms with E-state index in [1.54, 1.807) is 6.08 Å². The molecular formula is C28H43N2O4P. The fourth-order valence-corrected chi connectivity index (χ4v) is 4.01. The van der Waals surface area contributed by atoms with Crippen LogP contribution >= 0.6 is 7.04 Å². The molecule has 0 spiro atoms. The molecule has 6 nitrogen and oxygen atoms in total. The standard InChI is InChI=1S/C28H43N2O4P/c1-10-16-34-28(31)20-29-35(8,9)21-33-17-15-24(7)27(23(6)11-2)19-25(12-3)13-14-26(30-32)18-22(4)5/h2,12-15,18,22,29H,8,10,16-17,19-21H2,1,3-7,9H3/b14-13-,24-15-,25-12+,26-18-,27-23-. The van der Waals surface area contributed by atoms with Crippen LogP contribution in [0, 0.1) is 23.2 Å². The van der Waals surface area contributed by atoms with Crippen LogP contribution in [-0.2, 0) is 14.3 Å². The number of nitroso groups, excluding NO2 is 1. The van der Waals surface area contributed by atoms with Gasteiger partial charge in [0.1, 0.15) is 5.70 Å². The van der Waals surface area contributed by atoms with Crippen LogP contribution in [0.1, 0.15) is 54.4 Å². The second-order valence-corrected chi connectivity index (χ2v) is 12.3. The first-order chi connectivity index (χ1) is 16.5. The third-order valence-electron chi connectivity index (χ3n) is 4.93. The van der Waals surface area contributed by atoms with E-state index < -0.39 is 7.04 Å². The highest BCUT2D eigenvalue weighted by atomic mass is 31.2. The predicted molar refractivity (Wildman–Crippen MR) is 152 cm³/mol. The Morgan fingerprint density at radius 2 is 1.97 bits per heavy atom. The summed E-state index contributed by atoms with van der Waals surface area (Å²) in [7, 11) is -1.85. The van der Waals surface area contributed by atoms with Crippen molar-refractivity contribution in [2.45, 2.75) is 54.4 Å². The van der Waals surface area contributed by atoms with Crippen molar-refractivity contribution < 1.29 is 14.3 Å². The van der Waals surface area contributed by atoms with Crippen LogP contribution in [0.25, 0.3) is 0 Å². The van der Waals surface area contributed by atoms with E-state index in [1.807, 2.05) is 72.5 Å². The summed E-state index contributed by atoms with van der Waals surface area (Å²) >= 11 is 0. The van der Waals surface area contributed by atoms with Crippen LogP contribution in [0.5, 0.6) is 0 Å². The summed E-state index contributed by atoms with van der Waals surface area (Å²) < 4.78 is 10.9. The van der Waals surface area contributed by atoms with Crippen molar-refractivity contribution in [1.29, 1.82) is 0 Å². The maximum Gasteiger partial charge on any atom is 0.320 e. The molecule has 0 saturated carbocycles. The Balaban J connectivity index is 5.17. The Kier molecular flexibility index (Phi) is 16.7. The molecule has 0 aliphatic rings. The van der Waals surface area contributed by atoms with Crippen molar-refractivity contribution in [3.05, 3.63) is 63.3 Å². The first-order valence-corrected chi connectivity index (χ1v) is 14.5. The molecule has 0 radical (unpaired) electrons. The molecule has 1 N–H and O–H groups in total. The smallest absolute Gasteiger partial charge is 0.320 e. The largest absolute Gasteiger partial charge is 0.465 e. The van der Waals surface area contributed by atoms with E-state index in [9.17, 15) is 9.70 Å². The van der Waals surface area contributed by atoms with Crippen molar-refractivity contribution in [2.75, 3.05) is 32.8 Å². The highest BCUT2D eigenvalue weighted by Crippen LogP contribution is 2.34. The van der Waals surface area contributed by atoms with E-state index in [0.717, 1.165) is 28.7 Å². The number of nitrogens with zero attached hydrogens (tertiary/aromatic N) is 1. The van der Waals surface area contributed by atoms with E-state index in [1.165, 1.54) is 0 Å². The minimum Gasteiger partial charge on any atom is -0.465 e. The van der Waals surface area contributed by atoms with E-state index in [-0.39, 0.29) is 18.4 Å². The van der Waals surface area contributed by atoms with Gasteiger partial charge in [-0.25, -0.2) is 0 Å². The summed E-state index contributed by atoms with van der Waals surface area (Å²) in [6.45, 7) is 14.8. The van der Waals surface area contributed by atoms with E-state index in [2.05, 4.69) is 22.5 Å². The Labute approximate surface area is 212 Å². The lowest BCUT2D eigenvalue weighted by molar-refractivity contribution is -0.142. The number of carbonyl (C=O) groups is 1. The number of rotatable bonds is 16. The molecule has 194 valence electrons. The van der Waals surface area contributed by atoms with Gasteiger partial charge in [-0.2, -0.15) is 0 Å². The predicted octanol–water partition coefficient (Wildman–Crippen LogP) is 6.59. The Morgan fingerprint density at radius 3 is 2.51 bits per heavy atom. The van der Waals surface area contributed by atoms with Gasteiger partial charge in [0, 0.05) is 5.57 Å². The van der Waals surface area contributed by atoms with Gasteiger partial charge in [0.15, 0.2) is 0 Å². The molecule has 0 amide bonds. The molecular weight excluding hydrogens is 459 g/mol. The van der Waals surface area contributed by atoms with Crippen LogP contribution in [0.3, 0.4) is 0 Å². The molecule has 1 atom stereocenters. The molecule has 0 aliphatic heterocycles. The maximum absolute atomic E-state index is 11.7. The highest BCUT2D eigenvalue weighted by molar-refractivity contribution is 7.70. The van der Waals surface area contributed by atoms with Gasteiger partial charge in [0.05, 0.1) is 26.1 Å². The number of allylic oxidation sites excluding steroid dienone is 8. The fourth-order valence-electron chi connectivity index (χ4n) is 2.90. The fraction of sp³-hybridized carbons (Fsp3) is 0.500. The zero-order valence-electron chi connectivity index (χ0n) is 22.5. The molecule has 0 rings (SSSR count). The molecule has 0 aromatic heterocycles. The summed E-state index contributed by atoms with van der Waals surface area (Å²) in [5.41, 5.74) is 4.34. The van der Waals surface area contributed by atoms with Gasteiger partial charge in [0.25, 0.3) is 0 Å². The van der Waals surface area contributed by atoms with Gasteiger partial charge in [-0.05, 0) is 81.2 Å². The number of esters is 1. The van der Waals surface area contributed by atoms with Crippen LogP contribution in [0.2, 0.25) is 0 Å². The molecule has 0 aromatic rings. The van der Waals surface area contributed by atoms with Gasteiger partial charge < -0.3 is 9.47 Å². The first-order valence-electron chi connectivity index (χ1n) is 11.9. The quantitative estimate of drug-likeness (QED) is 0.0643. The van der Waals surface area contributed by atoms with E-state index in [4.69, 9.17) is 15.9 Å². The molecule has 0 heterocycles. The van der Waals surface area contributed by atoms with Crippen LogP contribution in [-0.4, -0.2) is 45.0 Å². The number of hydrogen-bond acceptors (Lipinski definition) is 6. The Morgan fingerprint density at radius 1 is 1.29 bits per heavy atom. The van der Waals surface area contributed by atoms with Gasteiger partial charge in [0.2, 0.25) is 0 Å². The molecule has 0 aromatic carbocycles. The minimum absolute atomic E-state index is 0.133. The first kappa shape index (κ1) is 32.5. The van der Waals surface area contributed by atoms with Crippen LogP contribution < -0.4 is 5.09 Å². The summed E-state index contributed by atoms with van der Waals surface area (Å²) in [6.07, 6.45) is 21.2. The number of terminal acetylenes is 1. The number of ether oxygens (including phenoxy) is 2.